The van der Waals surface area contributed by atoms with E-state index in [1.165, 1.54) is 35.8 Å². The Bertz CT molecular complexity index is 1290. The molecule has 0 bridgehead atoms. The monoisotopic (exact) mass is 499 g/mol. The molecule has 0 unspecified atom stereocenters. The van der Waals surface area contributed by atoms with Crippen LogP contribution in [0.15, 0.2) is 77.7 Å². The molecule has 1 aliphatic rings. The average molecular weight is 500 g/mol. The first-order chi connectivity index (χ1) is 16.9. The van der Waals surface area contributed by atoms with Crippen molar-refractivity contribution < 1.29 is 32.3 Å². The van der Waals surface area contributed by atoms with E-state index in [2.05, 4.69) is 0 Å². The van der Waals surface area contributed by atoms with Gasteiger partial charge in [-0.15, -0.1) is 0 Å². The van der Waals surface area contributed by atoms with E-state index >= 15 is 0 Å². The molecule has 0 atom stereocenters. The molecule has 4 rings (SSSR count). The number of hydrogen-bond acceptors (Lipinski definition) is 6. The van der Waals surface area contributed by atoms with Gasteiger partial charge in [0.05, 0.1) is 11.5 Å². The minimum Gasteiger partial charge on any atom is -0.493 e. The van der Waals surface area contributed by atoms with Gasteiger partial charge in [0.15, 0.2) is 14.6 Å². The van der Waals surface area contributed by atoms with E-state index in [0.29, 0.717) is 24.3 Å². The van der Waals surface area contributed by atoms with Crippen LogP contribution in [0.3, 0.4) is 0 Å². The van der Waals surface area contributed by atoms with Gasteiger partial charge in [0.2, 0.25) is 0 Å². The SMILES string of the molecule is O=C(NO)C1(S(=O)(=O)c2ccc(OCCc3cccc(-c4ccccc4F)c3)cc2)CCOCC1. The van der Waals surface area contributed by atoms with Gasteiger partial charge in [0.25, 0.3) is 5.91 Å². The topological polar surface area (TPSA) is 102 Å². The molecule has 7 nitrogen and oxygen atoms in total. The molecule has 1 aliphatic heterocycles. The van der Waals surface area contributed by atoms with Crippen molar-refractivity contribution in [3.05, 3.63) is 84.2 Å². The molecule has 2 N–H and O–H groups in total. The second-order valence-corrected chi connectivity index (χ2v) is 10.6. The van der Waals surface area contributed by atoms with E-state index in [1.54, 1.807) is 18.2 Å². The van der Waals surface area contributed by atoms with Gasteiger partial charge in [0, 0.05) is 25.2 Å². The van der Waals surface area contributed by atoms with Crippen LogP contribution in [0.25, 0.3) is 11.1 Å². The molecule has 0 radical (unpaired) electrons. The number of carbonyl (C=O) groups is 1. The van der Waals surface area contributed by atoms with Gasteiger partial charge in [0.1, 0.15) is 11.6 Å². The Labute approximate surface area is 203 Å². The maximum absolute atomic E-state index is 14.1. The van der Waals surface area contributed by atoms with Crippen LogP contribution in [-0.2, 0) is 25.8 Å². The van der Waals surface area contributed by atoms with E-state index in [4.69, 9.17) is 14.7 Å². The van der Waals surface area contributed by atoms with Gasteiger partial charge >= 0.3 is 0 Å². The van der Waals surface area contributed by atoms with Crippen LogP contribution in [0, 0.1) is 5.82 Å². The number of benzene rings is 3. The summed E-state index contributed by atoms with van der Waals surface area (Å²) in [5.41, 5.74) is 3.79. The quantitative estimate of drug-likeness (QED) is 0.360. The minimum absolute atomic E-state index is 0.0343. The summed E-state index contributed by atoms with van der Waals surface area (Å²) >= 11 is 0. The van der Waals surface area contributed by atoms with Gasteiger partial charge in [-0.2, -0.15) is 0 Å². The first-order valence-electron chi connectivity index (χ1n) is 11.2. The van der Waals surface area contributed by atoms with Crippen molar-refractivity contribution in [3.8, 4) is 16.9 Å². The van der Waals surface area contributed by atoms with Crippen LogP contribution >= 0.6 is 0 Å². The third-order valence-corrected chi connectivity index (χ3v) is 8.75. The number of halogens is 1. The molecule has 0 saturated carbocycles. The van der Waals surface area contributed by atoms with E-state index < -0.39 is 20.5 Å². The van der Waals surface area contributed by atoms with Crippen molar-refractivity contribution in [2.24, 2.45) is 0 Å². The highest BCUT2D eigenvalue weighted by Crippen LogP contribution is 2.35. The van der Waals surface area contributed by atoms with E-state index in [1.807, 2.05) is 24.3 Å². The summed E-state index contributed by atoms with van der Waals surface area (Å²) in [5, 5.41) is 9.15. The number of ether oxygens (including phenoxy) is 2. The van der Waals surface area contributed by atoms with Crippen molar-refractivity contribution in [2.75, 3.05) is 19.8 Å². The molecule has 35 heavy (non-hydrogen) atoms. The molecule has 0 aromatic heterocycles. The predicted octanol–water partition coefficient (Wildman–Crippen LogP) is 3.94. The molecule has 0 aliphatic carbocycles. The van der Waals surface area contributed by atoms with Crippen LogP contribution in [0.5, 0.6) is 5.75 Å². The zero-order valence-corrected chi connectivity index (χ0v) is 19.8. The van der Waals surface area contributed by atoms with Gasteiger partial charge in [-0.05, 0) is 54.3 Å². The summed E-state index contributed by atoms with van der Waals surface area (Å²) in [4.78, 5) is 12.3. The largest absolute Gasteiger partial charge is 0.493 e. The predicted molar refractivity (Wildman–Crippen MR) is 127 cm³/mol. The third kappa shape index (κ3) is 5.07. The Morgan fingerprint density at radius 3 is 2.43 bits per heavy atom. The fourth-order valence-corrected chi connectivity index (χ4v) is 6.18. The number of hydrogen-bond donors (Lipinski definition) is 2. The molecule has 1 heterocycles. The molecule has 3 aromatic carbocycles. The zero-order chi connectivity index (χ0) is 24.9. The number of carbonyl (C=O) groups excluding carboxylic acids is 1. The molecule has 1 fully saturated rings. The smallest absolute Gasteiger partial charge is 0.265 e. The average Bonchev–Trinajstić information content (AvgIpc) is 2.89. The molecular weight excluding hydrogens is 473 g/mol. The Morgan fingerprint density at radius 2 is 1.74 bits per heavy atom. The third-order valence-electron chi connectivity index (χ3n) is 6.24. The maximum Gasteiger partial charge on any atom is 0.265 e. The molecule has 0 spiro atoms. The first-order valence-corrected chi connectivity index (χ1v) is 12.7. The highest BCUT2D eigenvalue weighted by Gasteiger charge is 2.52. The van der Waals surface area contributed by atoms with E-state index in [9.17, 15) is 17.6 Å². The summed E-state index contributed by atoms with van der Waals surface area (Å²) in [7, 11) is -4.09. The number of nitrogens with one attached hydrogen (secondary N) is 1. The van der Waals surface area contributed by atoms with Gasteiger partial charge in [-0.25, -0.2) is 18.3 Å². The summed E-state index contributed by atoms with van der Waals surface area (Å²) in [6, 6.07) is 20.0. The lowest BCUT2D eigenvalue weighted by atomic mass is 9.98. The maximum atomic E-state index is 14.1. The van der Waals surface area contributed by atoms with Crippen molar-refractivity contribution >= 4 is 15.7 Å². The Hall–Kier alpha value is -3.27. The van der Waals surface area contributed by atoms with Crippen LogP contribution in [0.4, 0.5) is 4.39 Å². The van der Waals surface area contributed by atoms with Crippen molar-refractivity contribution in [2.45, 2.75) is 28.9 Å². The van der Waals surface area contributed by atoms with Gasteiger partial charge in [-0.1, -0.05) is 42.5 Å². The van der Waals surface area contributed by atoms with Crippen molar-refractivity contribution in [1.82, 2.24) is 5.48 Å². The Kier molecular flexibility index (Phi) is 7.49. The lowest BCUT2D eigenvalue weighted by Gasteiger charge is -2.34. The summed E-state index contributed by atoms with van der Waals surface area (Å²) in [6.07, 6.45) is 0.472. The standard InChI is InChI=1S/C26H26FNO6S/c27-24-7-2-1-6-23(24)20-5-3-4-19(18-20)12-15-34-21-8-10-22(11-9-21)35(31,32)26(25(29)28-30)13-16-33-17-14-26/h1-11,18,30H,12-17H2,(H,28,29). The van der Waals surface area contributed by atoms with Crippen molar-refractivity contribution in [3.63, 3.8) is 0 Å². The minimum atomic E-state index is -4.09. The molecule has 1 amide bonds. The zero-order valence-electron chi connectivity index (χ0n) is 18.9. The summed E-state index contributed by atoms with van der Waals surface area (Å²) in [6.45, 7) is 0.541. The Balaban J connectivity index is 1.43. The number of rotatable bonds is 8. The van der Waals surface area contributed by atoms with Crippen LogP contribution < -0.4 is 10.2 Å². The van der Waals surface area contributed by atoms with E-state index in [0.717, 1.165) is 11.1 Å². The lowest BCUT2D eigenvalue weighted by Crippen LogP contribution is -2.54. The summed E-state index contributed by atoms with van der Waals surface area (Å²) < 4.78 is 49.9. The molecule has 1 saturated heterocycles. The van der Waals surface area contributed by atoms with Gasteiger partial charge < -0.3 is 9.47 Å². The van der Waals surface area contributed by atoms with Crippen LogP contribution in [0.1, 0.15) is 18.4 Å². The molecule has 9 heteroatoms. The second kappa shape index (κ2) is 10.6. The Morgan fingerprint density at radius 1 is 1.03 bits per heavy atom. The molecule has 184 valence electrons. The number of hydroxylamine groups is 1. The van der Waals surface area contributed by atoms with Crippen LogP contribution in [0.2, 0.25) is 0 Å². The fourth-order valence-electron chi connectivity index (χ4n) is 4.24. The lowest BCUT2D eigenvalue weighted by molar-refractivity contribution is -0.134. The second-order valence-electron chi connectivity index (χ2n) is 8.30. The molecular formula is C26H26FNO6S. The number of sulfone groups is 1. The van der Waals surface area contributed by atoms with E-state index in [-0.39, 0.29) is 36.8 Å². The number of amides is 1. The fraction of sp³-hybridized carbons (Fsp3) is 0.269. The first kappa shape index (κ1) is 24.8. The van der Waals surface area contributed by atoms with Gasteiger partial charge in [-0.3, -0.25) is 10.0 Å². The normalized spacial score (nSPS) is 15.4. The molecule has 3 aromatic rings. The highest BCUT2D eigenvalue weighted by atomic mass is 32.2. The van der Waals surface area contributed by atoms with Crippen molar-refractivity contribution in [1.29, 1.82) is 0 Å². The van der Waals surface area contributed by atoms with Crippen LogP contribution in [-0.4, -0.2) is 44.1 Å². The highest BCUT2D eigenvalue weighted by molar-refractivity contribution is 7.93. The summed E-state index contributed by atoms with van der Waals surface area (Å²) in [5.74, 6) is -0.768.